The molecule has 174 valence electrons. The smallest absolute Gasteiger partial charge is 0.338 e. The Hall–Kier alpha value is -2.49. The molecule has 0 spiro atoms. The number of methoxy groups -OCH3 is 1. The topological polar surface area (TPSA) is 77.1 Å². The Bertz CT molecular complexity index is 1170. The van der Waals surface area contributed by atoms with Crippen LogP contribution in [0.3, 0.4) is 0 Å². The van der Waals surface area contributed by atoms with Gasteiger partial charge in [-0.15, -0.1) is 0 Å². The van der Waals surface area contributed by atoms with Gasteiger partial charge in [-0.05, 0) is 30.9 Å². The first-order chi connectivity index (χ1) is 14.6. The zero-order chi connectivity index (χ0) is 24.1. The van der Waals surface area contributed by atoms with Crippen molar-refractivity contribution in [3.63, 3.8) is 0 Å². The standard InChI is InChI=1S/C18H14Cl2F5N3O3S/c1-9(18(29)30-2)15-14(7-26)27-28(17(15)31-8-10-3-4-10)16-12(19)5-11(6-13(16)20)32(21,22,23,24)25/h5-6,10H,1,3-4,8H2,2H3. The molecule has 1 saturated carbocycles. The van der Waals surface area contributed by atoms with Gasteiger partial charge in [0, 0.05) is 0 Å². The maximum Gasteiger partial charge on any atom is 0.338 e. The van der Waals surface area contributed by atoms with Crippen LogP contribution in [0.25, 0.3) is 11.3 Å². The van der Waals surface area contributed by atoms with Gasteiger partial charge in [-0.1, -0.05) is 49.2 Å². The van der Waals surface area contributed by atoms with E-state index in [1.165, 1.54) is 0 Å². The molecule has 1 aromatic heterocycles. The fourth-order valence-electron chi connectivity index (χ4n) is 2.71. The van der Waals surface area contributed by atoms with E-state index in [4.69, 9.17) is 27.9 Å². The monoisotopic (exact) mass is 517 g/mol. The third kappa shape index (κ3) is 4.79. The maximum absolute atomic E-state index is 13.2. The highest BCUT2D eigenvalue weighted by molar-refractivity contribution is 8.45. The Labute approximate surface area is 188 Å². The van der Waals surface area contributed by atoms with Crippen molar-refractivity contribution in [1.29, 1.82) is 5.26 Å². The second kappa shape index (κ2) is 7.26. The van der Waals surface area contributed by atoms with E-state index >= 15 is 0 Å². The molecule has 1 heterocycles. The molecule has 0 amide bonds. The molecule has 1 aromatic carbocycles. The minimum atomic E-state index is -10.1. The lowest BCUT2D eigenvalue weighted by Crippen LogP contribution is -2.11. The first kappa shape index (κ1) is 24.2. The lowest BCUT2D eigenvalue weighted by atomic mass is 10.1. The Morgan fingerprint density at radius 2 is 1.84 bits per heavy atom. The number of benzene rings is 1. The van der Waals surface area contributed by atoms with Crippen molar-refractivity contribution in [3.05, 3.63) is 40.0 Å². The summed E-state index contributed by atoms with van der Waals surface area (Å²) in [6.07, 6.45) is 1.71. The van der Waals surface area contributed by atoms with Gasteiger partial charge in [0.15, 0.2) is 5.69 Å². The van der Waals surface area contributed by atoms with Crippen LogP contribution in [0.5, 0.6) is 5.88 Å². The van der Waals surface area contributed by atoms with Crippen LogP contribution < -0.4 is 4.74 Å². The van der Waals surface area contributed by atoms with Gasteiger partial charge in [0.1, 0.15) is 16.7 Å². The van der Waals surface area contributed by atoms with E-state index in [0.717, 1.165) is 24.6 Å². The molecular weight excluding hydrogens is 504 g/mol. The van der Waals surface area contributed by atoms with Gasteiger partial charge >= 0.3 is 16.2 Å². The predicted molar refractivity (Wildman–Crippen MR) is 109 cm³/mol. The summed E-state index contributed by atoms with van der Waals surface area (Å²) < 4.78 is 77.2. The van der Waals surface area contributed by atoms with Gasteiger partial charge in [-0.3, -0.25) is 0 Å². The van der Waals surface area contributed by atoms with Gasteiger partial charge in [0.25, 0.3) is 0 Å². The summed E-state index contributed by atoms with van der Waals surface area (Å²) >= 11 is 11.8. The van der Waals surface area contributed by atoms with Crippen LogP contribution in [0.15, 0.2) is 23.6 Å². The summed E-state index contributed by atoms with van der Waals surface area (Å²) in [5.74, 6) is -1.02. The number of nitriles is 1. The molecule has 0 bridgehead atoms. The predicted octanol–water partition coefficient (Wildman–Crippen LogP) is 6.68. The molecule has 0 radical (unpaired) electrons. The quantitative estimate of drug-likeness (QED) is 0.232. The number of ether oxygens (including phenoxy) is 2. The molecule has 0 unspecified atom stereocenters. The fourth-order valence-corrected chi connectivity index (χ4v) is 4.17. The number of rotatable bonds is 7. The van der Waals surface area contributed by atoms with Gasteiger partial charge in [0.2, 0.25) is 5.88 Å². The van der Waals surface area contributed by atoms with Gasteiger partial charge in [-0.25, -0.2) is 4.79 Å². The van der Waals surface area contributed by atoms with Crippen molar-refractivity contribution in [3.8, 4) is 17.6 Å². The highest BCUT2D eigenvalue weighted by atomic mass is 35.5. The van der Waals surface area contributed by atoms with Crippen molar-refractivity contribution in [1.82, 2.24) is 9.78 Å². The zero-order valence-corrected chi connectivity index (χ0v) is 18.5. The van der Waals surface area contributed by atoms with E-state index < -0.39 is 42.5 Å². The first-order valence-electron chi connectivity index (χ1n) is 8.74. The Morgan fingerprint density at radius 3 is 2.28 bits per heavy atom. The minimum Gasteiger partial charge on any atom is -0.477 e. The molecule has 32 heavy (non-hydrogen) atoms. The molecule has 2 aromatic rings. The van der Waals surface area contributed by atoms with E-state index in [-0.39, 0.29) is 41.7 Å². The number of aromatic nitrogens is 2. The van der Waals surface area contributed by atoms with Crippen LogP contribution in [-0.2, 0) is 9.53 Å². The highest BCUT2D eigenvalue weighted by Gasteiger charge is 2.65. The summed E-state index contributed by atoms with van der Waals surface area (Å²) in [5, 5.41) is 11.7. The Morgan fingerprint density at radius 1 is 1.28 bits per heavy atom. The fraction of sp³-hybridized carbons (Fsp3) is 0.278. The van der Waals surface area contributed by atoms with E-state index in [1.807, 2.05) is 0 Å². The minimum absolute atomic E-state index is 0.0114. The second-order valence-corrected chi connectivity index (χ2v) is 10.2. The number of halogens is 7. The summed E-state index contributed by atoms with van der Waals surface area (Å²) in [6.45, 7) is 3.68. The van der Waals surface area contributed by atoms with Crippen molar-refractivity contribution in [2.75, 3.05) is 13.7 Å². The first-order valence-corrected chi connectivity index (χ1v) is 11.4. The highest BCUT2D eigenvalue weighted by Crippen LogP contribution is 3.02. The number of hydrogen-bond donors (Lipinski definition) is 0. The second-order valence-electron chi connectivity index (χ2n) is 6.98. The van der Waals surface area contributed by atoms with Crippen molar-refractivity contribution in [2.45, 2.75) is 17.7 Å². The normalized spacial score (nSPS) is 16.0. The third-order valence-electron chi connectivity index (χ3n) is 4.48. The van der Waals surface area contributed by atoms with Crippen LogP contribution >= 0.6 is 33.4 Å². The van der Waals surface area contributed by atoms with Gasteiger partial charge in [-0.2, -0.15) is 15.0 Å². The van der Waals surface area contributed by atoms with E-state index in [2.05, 4.69) is 16.4 Å². The number of hydrogen-bond acceptors (Lipinski definition) is 5. The number of carbonyl (C=O) groups is 1. The van der Waals surface area contributed by atoms with Gasteiger partial charge in [0.05, 0.1) is 34.9 Å². The molecule has 0 atom stereocenters. The summed E-state index contributed by atoms with van der Waals surface area (Å²) in [4.78, 5) is 9.71. The molecule has 0 saturated heterocycles. The van der Waals surface area contributed by atoms with Crippen LogP contribution in [0.2, 0.25) is 10.0 Å². The van der Waals surface area contributed by atoms with Crippen molar-refractivity contribution >= 4 is 45.0 Å². The molecule has 0 N–H and O–H groups in total. The molecule has 14 heteroatoms. The average Bonchev–Trinajstić information content (AvgIpc) is 3.43. The Balaban J connectivity index is 2.26. The average molecular weight is 518 g/mol. The molecule has 1 aliphatic rings. The lowest BCUT2D eigenvalue weighted by Gasteiger charge is -2.40. The van der Waals surface area contributed by atoms with Crippen molar-refractivity contribution < 1.29 is 33.7 Å². The van der Waals surface area contributed by atoms with Crippen LogP contribution in [0, 0.1) is 17.2 Å². The molecule has 0 aliphatic heterocycles. The van der Waals surface area contributed by atoms with Crippen LogP contribution in [0.4, 0.5) is 19.4 Å². The number of carbonyl (C=O) groups excluding carboxylic acids is 1. The van der Waals surface area contributed by atoms with E-state index in [0.29, 0.717) is 0 Å². The SMILES string of the molecule is C=C(C(=O)OC)c1c(C#N)nn(-c2c(Cl)cc(S(F)(F)(F)(F)F)cc2Cl)c1OCC1CC1. The molecule has 1 aliphatic carbocycles. The maximum atomic E-state index is 13.2. The summed E-state index contributed by atoms with van der Waals surface area (Å²) in [7, 11) is -9.01. The number of nitrogens with zero attached hydrogens (tertiary/aromatic N) is 3. The van der Waals surface area contributed by atoms with Crippen molar-refractivity contribution in [2.24, 2.45) is 5.92 Å². The summed E-state index contributed by atoms with van der Waals surface area (Å²) in [5.41, 5.74) is -1.36. The largest absolute Gasteiger partial charge is 0.477 e. The van der Waals surface area contributed by atoms with E-state index in [1.54, 1.807) is 6.07 Å². The van der Waals surface area contributed by atoms with Gasteiger partial charge < -0.3 is 9.47 Å². The van der Waals surface area contributed by atoms with Crippen LogP contribution in [0.1, 0.15) is 24.1 Å². The molecular formula is C18H14Cl2F5N3O3S. The van der Waals surface area contributed by atoms with Crippen LogP contribution in [-0.4, -0.2) is 29.5 Å². The third-order valence-corrected chi connectivity index (χ3v) is 6.19. The Kier molecular flexibility index (Phi) is 5.48. The molecule has 3 rings (SSSR count). The molecule has 6 nitrogen and oxygen atoms in total. The number of esters is 1. The molecule has 1 fully saturated rings. The van der Waals surface area contributed by atoms with E-state index in [9.17, 15) is 29.5 Å². The lowest BCUT2D eigenvalue weighted by molar-refractivity contribution is -0.133. The summed E-state index contributed by atoms with van der Waals surface area (Å²) in [6, 6.07) is 1.74. The zero-order valence-electron chi connectivity index (χ0n) is 16.2.